The van der Waals surface area contributed by atoms with Gasteiger partial charge in [-0.25, -0.2) is 0 Å². The van der Waals surface area contributed by atoms with Crippen LogP contribution in [0.15, 0.2) is 30.3 Å². The molecule has 0 spiro atoms. The fourth-order valence-electron chi connectivity index (χ4n) is 3.21. The second kappa shape index (κ2) is 7.80. The minimum atomic E-state index is 0.586. The molecule has 2 atom stereocenters. The molecule has 0 amide bonds. The Kier molecular flexibility index (Phi) is 6.06. The highest BCUT2D eigenvalue weighted by atomic mass is 15.2. The molecule has 112 valence electrons. The van der Waals surface area contributed by atoms with Crippen LogP contribution < -0.4 is 5.32 Å². The molecule has 1 aromatic carbocycles. The average Bonchev–Trinajstić information content (AvgIpc) is 2.97. The molecule has 2 heteroatoms. The molecule has 0 aromatic heterocycles. The van der Waals surface area contributed by atoms with E-state index < -0.39 is 0 Å². The predicted molar refractivity (Wildman–Crippen MR) is 87.2 cm³/mol. The van der Waals surface area contributed by atoms with Gasteiger partial charge in [0.1, 0.15) is 0 Å². The summed E-state index contributed by atoms with van der Waals surface area (Å²) in [7, 11) is 0. The Morgan fingerprint density at radius 3 is 2.25 bits per heavy atom. The van der Waals surface area contributed by atoms with E-state index in [4.69, 9.17) is 0 Å². The maximum atomic E-state index is 3.70. The van der Waals surface area contributed by atoms with Crippen molar-refractivity contribution in [1.82, 2.24) is 10.2 Å². The molecule has 20 heavy (non-hydrogen) atoms. The van der Waals surface area contributed by atoms with Gasteiger partial charge in [-0.15, -0.1) is 0 Å². The van der Waals surface area contributed by atoms with Crippen LogP contribution in [0.5, 0.6) is 0 Å². The van der Waals surface area contributed by atoms with Gasteiger partial charge < -0.3 is 5.32 Å². The highest BCUT2D eigenvalue weighted by molar-refractivity contribution is 5.18. The van der Waals surface area contributed by atoms with Gasteiger partial charge in [0.25, 0.3) is 0 Å². The van der Waals surface area contributed by atoms with Gasteiger partial charge in [0.2, 0.25) is 0 Å². The van der Waals surface area contributed by atoms with Crippen LogP contribution in [0.3, 0.4) is 0 Å². The third-order valence-corrected chi connectivity index (χ3v) is 4.55. The first-order valence-corrected chi connectivity index (χ1v) is 8.18. The van der Waals surface area contributed by atoms with Crippen molar-refractivity contribution in [2.24, 2.45) is 5.92 Å². The number of nitrogens with zero attached hydrogens (tertiary/aromatic N) is 1. The number of hydrogen-bond donors (Lipinski definition) is 1. The van der Waals surface area contributed by atoms with E-state index in [9.17, 15) is 0 Å². The Morgan fingerprint density at radius 1 is 1.00 bits per heavy atom. The number of hydrogen-bond acceptors (Lipinski definition) is 2. The molecule has 1 aliphatic heterocycles. The van der Waals surface area contributed by atoms with E-state index in [1.54, 1.807) is 0 Å². The summed E-state index contributed by atoms with van der Waals surface area (Å²) in [5.74, 6) is 1.32. The lowest BCUT2D eigenvalue weighted by molar-refractivity contribution is 0.186. The molecule has 2 rings (SSSR count). The third-order valence-electron chi connectivity index (χ3n) is 4.55. The van der Waals surface area contributed by atoms with Crippen molar-refractivity contribution in [3.8, 4) is 0 Å². The van der Waals surface area contributed by atoms with Crippen molar-refractivity contribution >= 4 is 0 Å². The maximum absolute atomic E-state index is 3.70. The Balaban J connectivity index is 1.78. The SMILES string of the molecule is CC(CNCC(C(C)C)N1CCCC1)c1ccccc1. The molecular formula is C18H30N2. The third kappa shape index (κ3) is 4.32. The summed E-state index contributed by atoms with van der Waals surface area (Å²) in [6.07, 6.45) is 2.76. The van der Waals surface area contributed by atoms with E-state index in [2.05, 4.69) is 61.3 Å². The quantitative estimate of drug-likeness (QED) is 0.818. The molecule has 0 radical (unpaired) electrons. The molecule has 1 saturated heterocycles. The molecule has 0 saturated carbocycles. The first kappa shape index (κ1) is 15.5. The van der Waals surface area contributed by atoms with Crippen LogP contribution in [0.4, 0.5) is 0 Å². The lowest BCUT2D eigenvalue weighted by atomic mass is 10.00. The minimum absolute atomic E-state index is 0.586. The van der Waals surface area contributed by atoms with Crippen molar-refractivity contribution in [3.05, 3.63) is 35.9 Å². The standard InChI is InChI=1S/C18H30N2/c1-15(2)18(20-11-7-8-12-20)14-19-13-16(3)17-9-5-4-6-10-17/h4-6,9-10,15-16,18-19H,7-8,11-14H2,1-3H3. The van der Waals surface area contributed by atoms with E-state index in [0.29, 0.717) is 12.0 Å². The molecule has 0 bridgehead atoms. The van der Waals surface area contributed by atoms with Crippen LogP contribution in [0.2, 0.25) is 0 Å². The summed E-state index contributed by atoms with van der Waals surface area (Å²) in [4.78, 5) is 2.67. The van der Waals surface area contributed by atoms with Gasteiger partial charge in [-0.2, -0.15) is 0 Å². The average molecular weight is 274 g/mol. The topological polar surface area (TPSA) is 15.3 Å². The summed E-state index contributed by atoms with van der Waals surface area (Å²) in [6.45, 7) is 11.8. The van der Waals surface area contributed by atoms with Gasteiger partial charge >= 0.3 is 0 Å². The Bertz CT molecular complexity index is 368. The summed E-state index contributed by atoms with van der Waals surface area (Å²) in [5, 5.41) is 3.70. The highest BCUT2D eigenvalue weighted by Crippen LogP contribution is 2.18. The summed E-state index contributed by atoms with van der Waals surface area (Å²) in [6, 6.07) is 11.5. The van der Waals surface area contributed by atoms with Crippen molar-refractivity contribution in [1.29, 1.82) is 0 Å². The fourth-order valence-corrected chi connectivity index (χ4v) is 3.21. The molecular weight excluding hydrogens is 244 g/mol. The maximum Gasteiger partial charge on any atom is 0.0243 e. The van der Waals surface area contributed by atoms with Crippen LogP contribution in [0, 0.1) is 5.92 Å². The highest BCUT2D eigenvalue weighted by Gasteiger charge is 2.24. The van der Waals surface area contributed by atoms with Gasteiger partial charge in [0.15, 0.2) is 0 Å². The van der Waals surface area contributed by atoms with E-state index in [0.717, 1.165) is 19.0 Å². The summed E-state index contributed by atoms with van der Waals surface area (Å²) < 4.78 is 0. The number of rotatable bonds is 7. The van der Waals surface area contributed by atoms with Gasteiger partial charge in [-0.05, 0) is 43.3 Å². The van der Waals surface area contributed by atoms with Crippen LogP contribution in [0.25, 0.3) is 0 Å². The monoisotopic (exact) mass is 274 g/mol. The van der Waals surface area contributed by atoms with E-state index in [1.165, 1.54) is 31.5 Å². The van der Waals surface area contributed by atoms with Crippen LogP contribution >= 0.6 is 0 Å². The first-order chi connectivity index (χ1) is 9.68. The van der Waals surface area contributed by atoms with Crippen molar-refractivity contribution in [3.63, 3.8) is 0 Å². The molecule has 0 aliphatic carbocycles. The molecule has 1 N–H and O–H groups in total. The Hall–Kier alpha value is -0.860. The Morgan fingerprint density at radius 2 is 1.65 bits per heavy atom. The fraction of sp³-hybridized carbons (Fsp3) is 0.667. The largest absolute Gasteiger partial charge is 0.315 e. The normalized spacial score (nSPS) is 19.4. The second-order valence-corrected chi connectivity index (χ2v) is 6.52. The van der Waals surface area contributed by atoms with E-state index in [-0.39, 0.29) is 0 Å². The second-order valence-electron chi connectivity index (χ2n) is 6.52. The summed E-state index contributed by atoms with van der Waals surface area (Å²) >= 11 is 0. The van der Waals surface area contributed by atoms with Crippen LogP contribution in [-0.4, -0.2) is 37.1 Å². The zero-order valence-electron chi connectivity index (χ0n) is 13.3. The van der Waals surface area contributed by atoms with Gasteiger partial charge in [-0.1, -0.05) is 51.1 Å². The zero-order chi connectivity index (χ0) is 14.4. The van der Waals surface area contributed by atoms with Crippen LogP contribution in [-0.2, 0) is 0 Å². The zero-order valence-corrected chi connectivity index (χ0v) is 13.3. The molecule has 1 fully saturated rings. The molecule has 1 aromatic rings. The van der Waals surface area contributed by atoms with E-state index in [1.807, 2.05) is 0 Å². The van der Waals surface area contributed by atoms with Crippen molar-refractivity contribution in [2.75, 3.05) is 26.2 Å². The number of nitrogens with one attached hydrogen (secondary N) is 1. The van der Waals surface area contributed by atoms with Crippen molar-refractivity contribution < 1.29 is 0 Å². The van der Waals surface area contributed by atoms with Gasteiger partial charge in [-0.3, -0.25) is 4.90 Å². The van der Waals surface area contributed by atoms with Gasteiger partial charge in [0.05, 0.1) is 0 Å². The Labute approximate surface area is 124 Å². The van der Waals surface area contributed by atoms with E-state index >= 15 is 0 Å². The predicted octanol–water partition coefficient (Wildman–Crippen LogP) is 3.50. The number of benzene rings is 1. The lowest BCUT2D eigenvalue weighted by Gasteiger charge is -2.31. The number of likely N-dealkylation sites (tertiary alicyclic amines) is 1. The van der Waals surface area contributed by atoms with Crippen LogP contribution in [0.1, 0.15) is 45.1 Å². The van der Waals surface area contributed by atoms with Gasteiger partial charge in [0, 0.05) is 19.1 Å². The molecule has 1 heterocycles. The molecule has 1 aliphatic rings. The molecule has 2 nitrogen and oxygen atoms in total. The minimum Gasteiger partial charge on any atom is -0.315 e. The smallest absolute Gasteiger partial charge is 0.0243 e. The van der Waals surface area contributed by atoms with Crippen molar-refractivity contribution in [2.45, 2.75) is 45.6 Å². The molecule has 2 unspecified atom stereocenters. The lowest BCUT2D eigenvalue weighted by Crippen LogP contribution is -2.44. The first-order valence-electron chi connectivity index (χ1n) is 8.18. The summed E-state index contributed by atoms with van der Waals surface area (Å²) in [5.41, 5.74) is 1.43.